The largest absolute Gasteiger partial charge is 0.378 e. The van der Waals surface area contributed by atoms with Crippen molar-refractivity contribution in [2.45, 2.75) is 19.9 Å². The molecule has 0 fully saturated rings. The number of anilines is 1. The minimum Gasteiger partial charge on any atom is -0.378 e. The van der Waals surface area contributed by atoms with Gasteiger partial charge in [-0.1, -0.05) is 12.1 Å². The van der Waals surface area contributed by atoms with E-state index in [1.165, 1.54) is 6.07 Å². The summed E-state index contributed by atoms with van der Waals surface area (Å²) in [6.07, 6.45) is 0. The molecule has 0 radical (unpaired) electrons. The monoisotopic (exact) mass is 332 g/mol. The maximum absolute atomic E-state index is 13.2. The van der Waals surface area contributed by atoms with Gasteiger partial charge in [0.1, 0.15) is 5.82 Å². The van der Waals surface area contributed by atoms with E-state index in [1.54, 1.807) is 18.2 Å². The topological polar surface area (TPSA) is 35.8 Å². The molecule has 0 saturated heterocycles. The van der Waals surface area contributed by atoms with Crippen LogP contribution in [0.25, 0.3) is 0 Å². The first-order chi connectivity index (χ1) is 9.51. The number of aryl methyl sites for hydroxylation is 1. The van der Waals surface area contributed by atoms with Crippen LogP contribution in [0, 0.1) is 24.1 Å². The van der Waals surface area contributed by atoms with Gasteiger partial charge in [0.2, 0.25) is 0 Å². The summed E-state index contributed by atoms with van der Waals surface area (Å²) >= 11 is 3.19. The van der Waals surface area contributed by atoms with Crippen LogP contribution in [0.4, 0.5) is 10.1 Å². The van der Waals surface area contributed by atoms with Gasteiger partial charge in [-0.15, -0.1) is 0 Å². The number of nitrogens with one attached hydrogen (secondary N) is 1. The van der Waals surface area contributed by atoms with Crippen LogP contribution in [0.5, 0.6) is 0 Å². The summed E-state index contributed by atoms with van der Waals surface area (Å²) in [5, 5.41) is 12.3. The Bertz CT molecular complexity index is 677. The molecule has 0 aliphatic carbocycles. The third kappa shape index (κ3) is 3.17. The second kappa shape index (κ2) is 6.06. The minimum atomic E-state index is -0.274. The lowest BCUT2D eigenvalue weighted by molar-refractivity contribution is 0.619. The molecule has 0 amide bonds. The van der Waals surface area contributed by atoms with Crippen molar-refractivity contribution in [3.05, 3.63) is 63.4 Å². The van der Waals surface area contributed by atoms with Crippen molar-refractivity contribution in [3.8, 4) is 6.07 Å². The normalized spacial score (nSPS) is 11.8. The zero-order chi connectivity index (χ0) is 14.7. The third-order valence-electron chi connectivity index (χ3n) is 3.18. The minimum absolute atomic E-state index is 0.0135. The quantitative estimate of drug-likeness (QED) is 0.863. The lowest BCUT2D eigenvalue weighted by Gasteiger charge is -2.18. The van der Waals surface area contributed by atoms with Crippen LogP contribution in [-0.2, 0) is 0 Å². The van der Waals surface area contributed by atoms with Crippen molar-refractivity contribution in [3.63, 3.8) is 0 Å². The molecule has 0 spiro atoms. The highest BCUT2D eigenvalue weighted by Crippen LogP contribution is 2.26. The lowest BCUT2D eigenvalue weighted by atomic mass is 10.1. The molecule has 2 rings (SSSR count). The first-order valence-electron chi connectivity index (χ1n) is 6.23. The van der Waals surface area contributed by atoms with Crippen LogP contribution in [-0.4, -0.2) is 0 Å². The van der Waals surface area contributed by atoms with E-state index in [1.807, 2.05) is 26.0 Å². The van der Waals surface area contributed by atoms with Crippen molar-refractivity contribution >= 4 is 21.6 Å². The Labute approximate surface area is 126 Å². The Morgan fingerprint density at radius 2 is 2.00 bits per heavy atom. The molecule has 0 aliphatic rings. The molecular formula is C16H14BrFN2. The van der Waals surface area contributed by atoms with Gasteiger partial charge < -0.3 is 5.32 Å². The van der Waals surface area contributed by atoms with Gasteiger partial charge in [-0.25, -0.2) is 4.39 Å². The number of hydrogen-bond acceptors (Lipinski definition) is 2. The molecule has 0 aromatic heterocycles. The molecule has 1 N–H and O–H groups in total. The van der Waals surface area contributed by atoms with Gasteiger partial charge >= 0.3 is 0 Å². The molecule has 20 heavy (non-hydrogen) atoms. The van der Waals surface area contributed by atoms with Gasteiger partial charge in [0.15, 0.2) is 0 Å². The zero-order valence-electron chi connectivity index (χ0n) is 11.2. The summed E-state index contributed by atoms with van der Waals surface area (Å²) in [6, 6.07) is 12.6. The first kappa shape index (κ1) is 14.5. The van der Waals surface area contributed by atoms with Crippen LogP contribution in [0.15, 0.2) is 40.9 Å². The van der Waals surface area contributed by atoms with E-state index in [0.717, 1.165) is 16.8 Å². The molecule has 4 heteroatoms. The fourth-order valence-corrected chi connectivity index (χ4v) is 2.34. The molecule has 1 unspecified atom stereocenters. The van der Waals surface area contributed by atoms with Crippen LogP contribution in [0.1, 0.15) is 29.7 Å². The predicted octanol–water partition coefficient (Wildman–Crippen LogP) is 4.94. The molecule has 2 aromatic carbocycles. The van der Waals surface area contributed by atoms with Crippen LogP contribution >= 0.6 is 15.9 Å². The van der Waals surface area contributed by atoms with Crippen LogP contribution < -0.4 is 5.32 Å². The van der Waals surface area contributed by atoms with Crippen molar-refractivity contribution in [2.24, 2.45) is 0 Å². The van der Waals surface area contributed by atoms with Crippen LogP contribution in [0.3, 0.4) is 0 Å². The number of nitriles is 1. The predicted molar refractivity (Wildman–Crippen MR) is 82.0 cm³/mol. The summed E-state index contributed by atoms with van der Waals surface area (Å²) in [4.78, 5) is 0. The Morgan fingerprint density at radius 3 is 2.65 bits per heavy atom. The van der Waals surface area contributed by atoms with E-state index in [0.29, 0.717) is 10.0 Å². The van der Waals surface area contributed by atoms with E-state index in [9.17, 15) is 4.39 Å². The van der Waals surface area contributed by atoms with Crippen LogP contribution in [0.2, 0.25) is 0 Å². The third-order valence-corrected chi connectivity index (χ3v) is 3.79. The Balaban J connectivity index is 2.25. The fourth-order valence-electron chi connectivity index (χ4n) is 1.95. The molecule has 102 valence electrons. The zero-order valence-corrected chi connectivity index (χ0v) is 12.8. The molecule has 0 saturated carbocycles. The second-order valence-electron chi connectivity index (χ2n) is 4.68. The Hall–Kier alpha value is -1.86. The molecule has 2 aromatic rings. The summed E-state index contributed by atoms with van der Waals surface area (Å²) in [7, 11) is 0. The van der Waals surface area contributed by atoms with E-state index >= 15 is 0 Å². The molecule has 0 aliphatic heterocycles. The maximum Gasteiger partial charge on any atom is 0.137 e. The van der Waals surface area contributed by atoms with Crippen molar-refractivity contribution < 1.29 is 4.39 Å². The molecule has 0 heterocycles. The molecular weight excluding hydrogens is 319 g/mol. The van der Waals surface area contributed by atoms with Gasteiger partial charge in [-0.05, 0) is 65.2 Å². The van der Waals surface area contributed by atoms with E-state index in [2.05, 4.69) is 27.3 Å². The van der Waals surface area contributed by atoms with Crippen molar-refractivity contribution in [1.82, 2.24) is 0 Å². The number of nitrogens with zero attached hydrogens (tertiary/aromatic N) is 1. The van der Waals surface area contributed by atoms with Gasteiger partial charge in [0.25, 0.3) is 0 Å². The standard InChI is InChI=1S/C16H14BrFN2/c1-10-3-4-12(9-19)7-16(10)20-11(2)13-5-6-15(18)14(17)8-13/h3-8,11,20H,1-2H3. The number of hydrogen-bond donors (Lipinski definition) is 1. The van der Waals surface area contributed by atoms with Gasteiger partial charge in [-0.3, -0.25) is 0 Å². The van der Waals surface area contributed by atoms with E-state index < -0.39 is 0 Å². The highest BCUT2D eigenvalue weighted by Gasteiger charge is 2.09. The van der Waals surface area contributed by atoms with E-state index in [-0.39, 0.29) is 11.9 Å². The fraction of sp³-hybridized carbons (Fsp3) is 0.188. The molecule has 1 atom stereocenters. The SMILES string of the molecule is Cc1ccc(C#N)cc1NC(C)c1ccc(F)c(Br)c1. The second-order valence-corrected chi connectivity index (χ2v) is 5.54. The number of rotatable bonds is 3. The average Bonchev–Trinajstić information content (AvgIpc) is 2.44. The maximum atomic E-state index is 13.2. The first-order valence-corrected chi connectivity index (χ1v) is 7.03. The van der Waals surface area contributed by atoms with Crippen molar-refractivity contribution in [1.29, 1.82) is 5.26 Å². The average molecular weight is 333 g/mol. The van der Waals surface area contributed by atoms with Gasteiger partial charge in [0, 0.05) is 11.7 Å². The highest BCUT2D eigenvalue weighted by atomic mass is 79.9. The summed E-state index contributed by atoms with van der Waals surface area (Å²) in [6.45, 7) is 3.98. The summed E-state index contributed by atoms with van der Waals surface area (Å²) in [5.74, 6) is -0.274. The number of halogens is 2. The summed E-state index contributed by atoms with van der Waals surface area (Å²) in [5.41, 5.74) is 3.57. The Kier molecular flexibility index (Phi) is 4.41. The van der Waals surface area contributed by atoms with Gasteiger partial charge in [-0.2, -0.15) is 5.26 Å². The lowest BCUT2D eigenvalue weighted by Crippen LogP contribution is -2.08. The smallest absolute Gasteiger partial charge is 0.137 e. The van der Waals surface area contributed by atoms with Gasteiger partial charge in [0.05, 0.1) is 16.1 Å². The molecule has 0 bridgehead atoms. The number of benzene rings is 2. The van der Waals surface area contributed by atoms with Crippen molar-refractivity contribution in [2.75, 3.05) is 5.32 Å². The summed E-state index contributed by atoms with van der Waals surface area (Å²) < 4.78 is 13.7. The highest BCUT2D eigenvalue weighted by molar-refractivity contribution is 9.10. The molecule has 2 nitrogen and oxygen atoms in total. The van der Waals surface area contributed by atoms with E-state index in [4.69, 9.17) is 5.26 Å². The Morgan fingerprint density at radius 1 is 1.25 bits per heavy atom.